The Balaban J connectivity index is 1.96. The van der Waals surface area contributed by atoms with Gasteiger partial charge < -0.3 is 14.7 Å². The molecule has 100 valence electrons. The highest BCUT2D eigenvalue weighted by molar-refractivity contribution is 9.10. The van der Waals surface area contributed by atoms with Crippen LogP contribution in [-0.2, 0) is 11.3 Å². The number of nitrogens with zero attached hydrogens (tertiary/aromatic N) is 1. The summed E-state index contributed by atoms with van der Waals surface area (Å²) >= 11 is 3.57. The topological polar surface area (TPSA) is 32.7 Å². The number of rotatable bonds is 5. The van der Waals surface area contributed by atoms with Gasteiger partial charge in [0.1, 0.15) is 0 Å². The molecule has 0 spiro atoms. The van der Waals surface area contributed by atoms with Gasteiger partial charge in [0.05, 0.1) is 13.2 Å². The van der Waals surface area contributed by atoms with E-state index in [2.05, 4.69) is 46.1 Å². The maximum Gasteiger partial charge on any atom is 0.0557 e. The van der Waals surface area contributed by atoms with Gasteiger partial charge in [-0.2, -0.15) is 0 Å². The van der Waals surface area contributed by atoms with Gasteiger partial charge in [0, 0.05) is 29.6 Å². The van der Waals surface area contributed by atoms with E-state index in [0.717, 1.165) is 30.6 Å². The lowest BCUT2D eigenvalue weighted by molar-refractivity contribution is 0.0624. The fraction of sp³-hybridized carbons (Fsp3) is 0.571. The summed E-state index contributed by atoms with van der Waals surface area (Å²) in [7, 11) is 2.09. The minimum Gasteiger partial charge on any atom is -0.396 e. The van der Waals surface area contributed by atoms with Crippen LogP contribution in [0.1, 0.15) is 12.0 Å². The number of ether oxygens (including phenoxy) is 1. The highest BCUT2D eigenvalue weighted by atomic mass is 79.9. The average molecular weight is 314 g/mol. The highest BCUT2D eigenvalue weighted by Gasteiger charge is 2.35. The minimum atomic E-state index is -0.0734. The fourth-order valence-electron chi connectivity index (χ4n) is 2.49. The van der Waals surface area contributed by atoms with Crippen LogP contribution in [0.25, 0.3) is 0 Å². The van der Waals surface area contributed by atoms with Crippen LogP contribution in [0.4, 0.5) is 0 Å². The third-order valence-corrected chi connectivity index (χ3v) is 4.30. The second-order valence-electron chi connectivity index (χ2n) is 5.22. The first-order valence-corrected chi connectivity index (χ1v) is 7.05. The maximum absolute atomic E-state index is 9.57. The summed E-state index contributed by atoms with van der Waals surface area (Å²) in [6.45, 7) is 3.38. The predicted molar refractivity (Wildman–Crippen MR) is 75.4 cm³/mol. The lowest BCUT2D eigenvalue weighted by Crippen LogP contribution is -2.38. The normalized spacial score (nSPS) is 23.8. The first kappa shape index (κ1) is 14.0. The van der Waals surface area contributed by atoms with Gasteiger partial charge in [0.15, 0.2) is 0 Å². The van der Waals surface area contributed by atoms with Gasteiger partial charge in [-0.15, -0.1) is 0 Å². The van der Waals surface area contributed by atoms with Gasteiger partial charge >= 0.3 is 0 Å². The summed E-state index contributed by atoms with van der Waals surface area (Å²) < 4.78 is 6.57. The molecule has 1 fully saturated rings. The Morgan fingerprint density at radius 1 is 1.44 bits per heavy atom. The van der Waals surface area contributed by atoms with Crippen LogP contribution >= 0.6 is 15.9 Å². The van der Waals surface area contributed by atoms with Gasteiger partial charge in [-0.05, 0) is 25.1 Å². The summed E-state index contributed by atoms with van der Waals surface area (Å²) in [5, 5.41) is 9.57. The van der Waals surface area contributed by atoms with Crippen LogP contribution in [0.3, 0.4) is 0 Å². The minimum absolute atomic E-state index is 0.0734. The number of benzene rings is 1. The summed E-state index contributed by atoms with van der Waals surface area (Å²) in [6.07, 6.45) is 0.948. The molecule has 1 atom stereocenters. The maximum atomic E-state index is 9.57. The zero-order valence-electron chi connectivity index (χ0n) is 10.7. The first-order chi connectivity index (χ1) is 8.65. The van der Waals surface area contributed by atoms with E-state index in [1.165, 1.54) is 5.56 Å². The highest BCUT2D eigenvalue weighted by Crippen LogP contribution is 2.29. The monoisotopic (exact) mass is 313 g/mol. The summed E-state index contributed by atoms with van der Waals surface area (Å²) in [5.74, 6) is 0. The lowest BCUT2D eigenvalue weighted by atomic mass is 9.88. The van der Waals surface area contributed by atoms with Gasteiger partial charge in [-0.25, -0.2) is 0 Å². The molecule has 0 aliphatic carbocycles. The SMILES string of the molecule is CN(Cc1ccccc1Br)CC1(CO)CCOC1. The number of aliphatic hydroxyl groups is 1. The number of aliphatic hydroxyl groups excluding tert-OH is 1. The van der Waals surface area contributed by atoms with E-state index in [1.54, 1.807) is 0 Å². The molecule has 3 nitrogen and oxygen atoms in total. The van der Waals surface area contributed by atoms with Crippen molar-refractivity contribution in [1.82, 2.24) is 4.90 Å². The molecule has 0 aromatic heterocycles. The van der Waals surface area contributed by atoms with E-state index in [-0.39, 0.29) is 12.0 Å². The Labute approximate surface area is 117 Å². The van der Waals surface area contributed by atoms with Crippen molar-refractivity contribution in [2.24, 2.45) is 5.41 Å². The van der Waals surface area contributed by atoms with Crippen molar-refractivity contribution in [3.63, 3.8) is 0 Å². The quantitative estimate of drug-likeness (QED) is 0.905. The molecule has 18 heavy (non-hydrogen) atoms. The van der Waals surface area contributed by atoms with Crippen molar-refractivity contribution in [2.45, 2.75) is 13.0 Å². The molecule has 1 aliphatic heterocycles. The third-order valence-electron chi connectivity index (χ3n) is 3.52. The first-order valence-electron chi connectivity index (χ1n) is 6.26. The second kappa shape index (κ2) is 6.15. The lowest BCUT2D eigenvalue weighted by Gasteiger charge is -2.30. The molecule has 0 bridgehead atoms. The molecule has 1 saturated heterocycles. The van der Waals surface area contributed by atoms with E-state index in [9.17, 15) is 5.11 Å². The van der Waals surface area contributed by atoms with Gasteiger partial charge in [0.2, 0.25) is 0 Å². The summed E-state index contributed by atoms with van der Waals surface area (Å²) in [4.78, 5) is 2.25. The molecular formula is C14H20BrNO2. The molecule has 1 aromatic carbocycles. The molecule has 1 aromatic rings. The van der Waals surface area contributed by atoms with E-state index >= 15 is 0 Å². The Kier molecular flexibility index (Phi) is 4.78. The molecule has 0 amide bonds. The molecule has 1 heterocycles. The van der Waals surface area contributed by atoms with Crippen LogP contribution in [0, 0.1) is 5.41 Å². The van der Waals surface area contributed by atoms with Crippen LogP contribution in [0.15, 0.2) is 28.7 Å². The van der Waals surface area contributed by atoms with E-state index in [0.29, 0.717) is 6.61 Å². The molecule has 2 rings (SSSR count). The van der Waals surface area contributed by atoms with Crippen molar-refractivity contribution in [2.75, 3.05) is 33.4 Å². The fourth-order valence-corrected chi connectivity index (χ4v) is 2.90. The van der Waals surface area contributed by atoms with Crippen LogP contribution < -0.4 is 0 Å². The third kappa shape index (κ3) is 3.32. The van der Waals surface area contributed by atoms with Crippen LogP contribution in [0.5, 0.6) is 0 Å². The second-order valence-corrected chi connectivity index (χ2v) is 6.08. The van der Waals surface area contributed by atoms with Crippen molar-refractivity contribution < 1.29 is 9.84 Å². The number of hydrogen-bond donors (Lipinski definition) is 1. The Bertz CT molecular complexity index is 391. The van der Waals surface area contributed by atoms with Crippen molar-refractivity contribution in [1.29, 1.82) is 0 Å². The van der Waals surface area contributed by atoms with Crippen molar-refractivity contribution in [3.8, 4) is 0 Å². The molecular weight excluding hydrogens is 294 g/mol. The Morgan fingerprint density at radius 3 is 2.83 bits per heavy atom. The van der Waals surface area contributed by atoms with Crippen LogP contribution in [-0.4, -0.2) is 43.4 Å². The molecule has 1 unspecified atom stereocenters. The number of hydrogen-bond acceptors (Lipinski definition) is 3. The Morgan fingerprint density at radius 2 is 2.22 bits per heavy atom. The smallest absolute Gasteiger partial charge is 0.0557 e. The van der Waals surface area contributed by atoms with E-state index < -0.39 is 0 Å². The van der Waals surface area contributed by atoms with Gasteiger partial charge in [0.25, 0.3) is 0 Å². The van der Waals surface area contributed by atoms with Crippen molar-refractivity contribution in [3.05, 3.63) is 34.3 Å². The zero-order chi connectivity index (χ0) is 13.0. The molecule has 0 saturated carbocycles. The standard InChI is InChI=1S/C14H20BrNO2/c1-16(8-12-4-2-3-5-13(12)15)9-14(10-17)6-7-18-11-14/h2-5,17H,6-11H2,1H3. The predicted octanol–water partition coefficient (Wildman–Crippen LogP) is 2.28. The van der Waals surface area contributed by atoms with Crippen LogP contribution in [0.2, 0.25) is 0 Å². The molecule has 1 N–H and O–H groups in total. The van der Waals surface area contributed by atoms with E-state index in [1.807, 2.05) is 6.07 Å². The van der Waals surface area contributed by atoms with Gasteiger partial charge in [-0.1, -0.05) is 34.1 Å². The average Bonchev–Trinajstić information content (AvgIpc) is 2.81. The van der Waals surface area contributed by atoms with E-state index in [4.69, 9.17) is 4.74 Å². The molecule has 1 aliphatic rings. The molecule has 0 radical (unpaired) electrons. The zero-order valence-corrected chi connectivity index (χ0v) is 12.3. The van der Waals surface area contributed by atoms with Gasteiger partial charge in [-0.3, -0.25) is 0 Å². The van der Waals surface area contributed by atoms with Crippen molar-refractivity contribution >= 4 is 15.9 Å². The Hall–Kier alpha value is -0.420. The summed E-state index contributed by atoms with van der Waals surface area (Å²) in [6, 6.07) is 8.25. The number of halogens is 1. The summed E-state index contributed by atoms with van der Waals surface area (Å²) in [5.41, 5.74) is 1.20. The largest absolute Gasteiger partial charge is 0.396 e. The molecule has 4 heteroatoms.